The molecule has 0 unspecified atom stereocenters. The molecule has 0 fully saturated rings. The highest BCUT2D eigenvalue weighted by Crippen LogP contribution is 2.23. The van der Waals surface area contributed by atoms with E-state index >= 15 is 0 Å². The quantitative estimate of drug-likeness (QED) is 0.462. The van der Waals surface area contributed by atoms with Crippen molar-refractivity contribution < 1.29 is 9.53 Å². The van der Waals surface area contributed by atoms with Gasteiger partial charge in [0.15, 0.2) is 0 Å². The van der Waals surface area contributed by atoms with E-state index in [2.05, 4.69) is 27.7 Å². The van der Waals surface area contributed by atoms with Crippen molar-refractivity contribution in [1.29, 1.82) is 0 Å². The van der Waals surface area contributed by atoms with Gasteiger partial charge in [0.2, 0.25) is 0 Å². The molecule has 20 heavy (non-hydrogen) atoms. The van der Waals surface area contributed by atoms with Gasteiger partial charge >= 0.3 is 5.97 Å². The molecule has 0 N–H and O–H groups in total. The smallest absolute Gasteiger partial charge is 0.302 e. The predicted octanol–water partition coefficient (Wildman–Crippen LogP) is 5.60. The second kappa shape index (κ2) is 11.2. The zero-order valence-corrected chi connectivity index (χ0v) is 14.6. The lowest BCUT2D eigenvalue weighted by Gasteiger charge is -2.21. The summed E-state index contributed by atoms with van der Waals surface area (Å²) in [5, 5.41) is 0. The van der Waals surface area contributed by atoms with E-state index < -0.39 is 0 Å². The van der Waals surface area contributed by atoms with Crippen molar-refractivity contribution >= 4 is 5.97 Å². The summed E-state index contributed by atoms with van der Waals surface area (Å²) in [6.07, 6.45) is 9.15. The Morgan fingerprint density at radius 3 is 2.00 bits per heavy atom. The lowest BCUT2D eigenvalue weighted by atomic mass is 9.88. The molecule has 2 nitrogen and oxygen atoms in total. The van der Waals surface area contributed by atoms with Gasteiger partial charge in [-0.1, -0.05) is 59.8 Å². The topological polar surface area (TPSA) is 26.3 Å². The number of esters is 1. The molecule has 0 rings (SSSR count). The predicted molar refractivity (Wildman–Crippen MR) is 86.7 cm³/mol. The third kappa shape index (κ3) is 10.3. The molecular formula is C18H36O2. The molecule has 0 aromatic rings. The Kier molecular flexibility index (Phi) is 10.9. The molecule has 0 aromatic carbocycles. The van der Waals surface area contributed by atoms with Crippen LogP contribution >= 0.6 is 0 Å². The number of rotatable bonds is 11. The van der Waals surface area contributed by atoms with Crippen molar-refractivity contribution in [3.63, 3.8) is 0 Å². The van der Waals surface area contributed by atoms with E-state index in [-0.39, 0.29) is 12.1 Å². The molecular weight excluding hydrogens is 248 g/mol. The highest BCUT2D eigenvalue weighted by atomic mass is 16.5. The minimum atomic E-state index is -0.164. The third-order valence-electron chi connectivity index (χ3n) is 4.36. The monoisotopic (exact) mass is 284 g/mol. The number of carbonyl (C=O) groups excluding carboxylic acids is 1. The van der Waals surface area contributed by atoms with Crippen molar-refractivity contribution in [1.82, 2.24) is 0 Å². The van der Waals surface area contributed by atoms with Gasteiger partial charge in [-0.3, -0.25) is 4.79 Å². The highest BCUT2D eigenvalue weighted by molar-refractivity contribution is 5.66. The van der Waals surface area contributed by atoms with Crippen LogP contribution in [0.4, 0.5) is 0 Å². The van der Waals surface area contributed by atoms with Crippen LogP contribution in [0.15, 0.2) is 0 Å². The van der Waals surface area contributed by atoms with Crippen LogP contribution in [0, 0.1) is 17.8 Å². The van der Waals surface area contributed by atoms with Gasteiger partial charge in [-0.2, -0.15) is 0 Å². The van der Waals surface area contributed by atoms with Crippen molar-refractivity contribution in [3.8, 4) is 0 Å². The van der Waals surface area contributed by atoms with E-state index in [0.29, 0.717) is 5.92 Å². The standard InChI is InChI=1S/C18H36O2/c1-7-8-10-14(2)13-15(3)11-9-12-16(4)17(5)20-18(6)19/h14-17H,7-13H2,1-6H3/t14-,15-,16+,17+/m1/s1. The second-order valence-electron chi connectivity index (χ2n) is 6.81. The van der Waals surface area contributed by atoms with Gasteiger partial charge in [0, 0.05) is 6.92 Å². The van der Waals surface area contributed by atoms with Crippen LogP contribution in [0.3, 0.4) is 0 Å². The summed E-state index contributed by atoms with van der Waals surface area (Å²) in [6.45, 7) is 12.7. The van der Waals surface area contributed by atoms with Gasteiger partial charge in [-0.25, -0.2) is 0 Å². The number of carbonyl (C=O) groups is 1. The third-order valence-corrected chi connectivity index (χ3v) is 4.36. The van der Waals surface area contributed by atoms with Crippen LogP contribution < -0.4 is 0 Å². The summed E-state index contributed by atoms with van der Waals surface area (Å²) in [4.78, 5) is 10.9. The van der Waals surface area contributed by atoms with Crippen molar-refractivity contribution in [2.45, 2.75) is 92.6 Å². The highest BCUT2D eigenvalue weighted by Gasteiger charge is 2.15. The lowest BCUT2D eigenvalue weighted by molar-refractivity contribution is -0.147. The number of hydrogen-bond acceptors (Lipinski definition) is 2. The SMILES string of the molecule is CCCC[C@@H](C)C[C@H](C)CCC[C@H](C)[C@H](C)OC(C)=O. The average Bonchev–Trinajstić information content (AvgIpc) is 2.35. The normalized spacial score (nSPS) is 17.3. The van der Waals surface area contributed by atoms with E-state index in [9.17, 15) is 4.79 Å². The van der Waals surface area contributed by atoms with Gasteiger partial charge in [-0.15, -0.1) is 0 Å². The van der Waals surface area contributed by atoms with Gasteiger partial charge in [0.05, 0.1) is 0 Å². The molecule has 0 aliphatic heterocycles. The first-order valence-corrected chi connectivity index (χ1v) is 8.54. The van der Waals surface area contributed by atoms with Crippen LogP contribution in [0.25, 0.3) is 0 Å². The Hall–Kier alpha value is -0.530. The Bertz CT molecular complexity index is 250. The van der Waals surface area contributed by atoms with Gasteiger partial charge < -0.3 is 4.74 Å². The minimum absolute atomic E-state index is 0.0475. The zero-order valence-electron chi connectivity index (χ0n) is 14.6. The number of ether oxygens (including phenoxy) is 1. The number of unbranched alkanes of at least 4 members (excludes halogenated alkanes) is 1. The molecule has 0 amide bonds. The summed E-state index contributed by atoms with van der Waals surface area (Å²) in [5.41, 5.74) is 0. The fourth-order valence-electron chi connectivity index (χ4n) is 2.88. The summed E-state index contributed by atoms with van der Waals surface area (Å²) < 4.78 is 5.24. The van der Waals surface area contributed by atoms with Crippen molar-refractivity contribution in [2.75, 3.05) is 0 Å². The molecule has 120 valence electrons. The summed E-state index contributed by atoms with van der Waals surface area (Å²) >= 11 is 0. The largest absolute Gasteiger partial charge is 0.463 e. The van der Waals surface area contributed by atoms with E-state index in [1.165, 1.54) is 45.4 Å². The molecule has 2 heteroatoms. The molecule has 0 saturated carbocycles. The molecule has 0 saturated heterocycles. The first kappa shape index (κ1) is 19.5. The molecule has 0 aromatic heterocycles. The van der Waals surface area contributed by atoms with Crippen LogP contribution in [0.1, 0.15) is 86.5 Å². The molecule has 0 radical (unpaired) electrons. The molecule has 4 atom stereocenters. The first-order valence-electron chi connectivity index (χ1n) is 8.54. The Morgan fingerprint density at radius 1 is 0.950 bits per heavy atom. The maximum atomic E-state index is 10.9. The van der Waals surface area contributed by atoms with Crippen LogP contribution in [0.2, 0.25) is 0 Å². The first-order chi connectivity index (χ1) is 9.36. The van der Waals surface area contributed by atoms with Gasteiger partial charge in [0.25, 0.3) is 0 Å². The van der Waals surface area contributed by atoms with Gasteiger partial charge in [0.1, 0.15) is 6.10 Å². The maximum Gasteiger partial charge on any atom is 0.302 e. The maximum absolute atomic E-state index is 10.9. The molecule has 0 aliphatic rings. The van der Waals surface area contributed by atoms with Crippen LogP contribution in [-0.2, 0) is 9.53 Å². The molecule has 0 heterocycles. The zero-order chi connectivity index (χ0) is 15.5. The number of hydrogen-bond donors (Lipinski definition) is 0. The van der Waals surface area contributed by atoms with E-state index in [1.807, 2.05) is 6.92 Å². The summed E-state index contributed by atoms with van der Waals surface area (Å²) in [5.74, 6) is 1.98. The van der Waals surface area contributed by atoms with Crippen molar-refractivity contribution in [2.24, 2.45) is 17.8 Å². The molecule has 0 aliphatic carbocycles. The second-order valence-corrected chi connectivity index (χ2v) is 6.81. The summed E-state index contributed by atoms with van der Waals surface area (Å²) in [6, 6.07) is 0. The van der Waals surface area contributed by atoms with E-state index in [0.717, 1.165) is 18.3 Å². The molecule has 0 spiro atoms. The van der Waals surface area contributed by atoms with E-state index in [4.69, 9.17) is 4.74 Å². The Morgan fingerprint density at radius 2 is 1.50 bits per heavy atom. The Balaban J connectivity index is 3.74. The average molecular weight is 284 g/mol. The van der Waals surface area contributed by atoms with E-state index in [1.54, 1.807) is 0 Å². The van der Waals surface area contributed by atoms with Crippen LogP contribution in [0.5, 0.6) is 0 Å². The fraction of sp³-hybridized carbons (Fsp3) is 0.944. The van der Waals surface area contributed by atoms with Crippen LogP contribution in [-0.4, -0.2) is 12.1 Å². The fourth-order valence-corrected chi connectivity index (χ4v) is 2.88. The van der Waals surface area contributed by atoms with Crippen molar-refractivity contribution in [3.05, 3.63) is 0 Å². The minimum Gasteiger partial charge on any atom is -0.463 e. The molecule has 0 bridgehead atoms. The Labute approximate surface area is 126 Å². The summed E-state index contributed by atoms with van der Waals surface area (Å²) in [7, 11) is 0. The van der Waals surface area contributed by atoms with Gasteiger partial charge in [-0.05, 0) is 37.5 Å². The lowest BCUT2D eigenvalue weighted by Crippen LogP contribution is -2.20.